The van der Waals surface area contributed by atoms with Crippen molar-refractivity contribution in [2.24, 2.45) is 0 Å². The lowest BCUT2D eigenvalue weighted by Crippen LogP contribution is -2.45. The molecule has 23 heavy (non-hydrogen) atoms. The number of carbonyl (C=O) groups excluding carboxylic acids is 1. The van der Waals surface area contributed by atoms with Gasteiger partial charge in [-0.25, -0.2) is 0 Å². The van der Waals surface area contributed by atoms with Crippen molar-refractivity contribution in [2.45, 2.75) is 19.5 Å². The van der Waals surface area contributed by atoms with E-state index in [9.17, 15) is 9.59 Å². The molecule has 7 heteroatoms. The van der Waals surface area contributed by atoms with E-state index in [1.54, 1.807) is 29.2 Å². The molecule has 1 aliphatic heterocycles. The smallest absolute Gasteiger partial charge is 0.271 e. The van der Waals surface area contributed by atoms with Gasteiger partial charge in [0.2, 0.25) is 0 Å². The van der Waals surface area contributed by atoms with E-state index in [4.69, 9.17) is 23.2 Å². The summed E-state index contributed by atoms with van der Waals surface area (Å²) in [6.45, 7) is 2.86. The average Bonchev–Trinajstić information content (AvgIpc) is 2.53. The third kappa shape index (κ3) is 2.93. The normalized spacial score (nSPS) is 15.5. The van der Waals surface area contributed by atoms with Crippen LogP contribution in [0.15, 0.2) is 39.6 Å². The number of nitrogens with zero attached hydrogens (tertiary/aromatic N) is 2. The molecule has 1 atom stereocenters. The molecule has 0 aliphatic carbocycles. The molecule has 0 saturated carbocycles. The number of pyridine rings is 1. The van der Waals surface area contributed by atoms with Crippen LogP contribution in [0.2, 0.25) is 10.0 Å². The molecule has 1 amide bonds. The highest BCUT2D eigenvalue weighted by atomic mass is 79.9. The van der Waals surface area contributed by atoms with Crippen LogP contribution in [0, 0.1) is 0 Å². The Kier molecular flexibility index (Phi) is 4.54. The summed E-state index contributed by atoms with van der Waals surface area (Å²) in [5, 5.41) is 0.940. The Morgan fingerprint density at radius 1 is 1.09 bits per heavy atom. The first-order valence-electron chi connectivity index (χ1n) is 7.05. The second-order valence-electron chi connectivity index (χ2n) is 5.37. The number of rotatable bonds is 2. The largest absolute Gasteiger partial charge is 0.329 e. The summed E-state index contributed by atoms with van der Waals surface area (Å²) in [4.78, 5) is 26.6. The predicted molar refractivity (Wildman–Crippen MR) is 94.3 cm³/mol. The lowest BCUT2D eigenvalue weighted by molar-refractivity contribution is 0.0627. The summed E-state index contributed by atoms with van der Waals surface area (Å²) in [5.74, 6) is -0.167. The zero-order valence-electron chi connectivity index (χ0n) is 12.2. The van der Waals surface area contributed by atoms with Gasteiger partial charge in [-0.15, -0.1) is 0 Å². The minimum atomic E-state index is -0.183. The van der Waals surface area contributed by atoms with Crippen LogP contribution < -0.4 is 5.56 Å². The molecule has 2 aromatic rings. The van der Waals surface area contributed by atoms with Gasteiger partial charge in [0.25, 0.3) is 11.5 Å². The van der Waals surface area contributed by atoms with Crippen LogP contribution in [0.1, 0.15) is 29.0 Å². The van der Waals surface area contributed by atoms with Gasteiger partial charge >= 0.3 is 0 Å². The topological polar surface area (TPSA) is 42.3 Å². The molecule has 1 aromatic carbocycles. The second kappa shape index (κ2) is 6.30. The number of hydrogen-bond donors (Lipinski definition) is 0. The Labute approximate surface area is 151 Å². The monoisotopic (exact) mass is 414 g/mol. The molecule has 0 radical (unpaired) electrons. The Bertz CT molecular complexity index is 850. The van der Waals surface area contributed by atoms with Crippen LogP contribution in [0.25, 0.3) is 0 Å². The first kappa shape index (κ1) is 16.6. The van der Waals surface area contributed by atoms with Gasteiger partial charge in [-0.05, 0) is 52.7 Å². The number of amides is 1. The van der Waals surface area contributed by atoms with Crippen LogP contribution in [0.5, 0.6) is 0 Å². The van der Waals surface area contributed by atoms with Crippen molar-refractivity contribution in [2.75, 3.05) is 6.54 Å². The van der Waals surface area contributed by atoms with Crippen LogP contribution in [0.4, 0.5) is 0 Å². The average molecular weight is 416 g/mol. The van der Waals surface area contributed by atoms with Gasteiger partial charge in [0, 0.05) is 13.1 Å². The minimum absolute atomic E-state index is 0.162. The highest BCUT2D eigenvalue weighted by Gasteiger charge is 2.29. The molecule has 0 spiro atoms. The maximum Gasteiger partial charge on any atom is 0.271 e. The number of carbonyl (C=O) groups is 1. The third-order valence-electron chi connectivity index (χ3n) is 4.07. The second-order valence-corrected chi connectivity index (χ2v) is 7.04. The maximum absolute atomic E-state index is 12.7. The van der Waals surface area contributed by atoms with E-state index in [-0.39, 0.29) is 17.5 Å². The fourth-order valence-corrected chi connectivity index (χ4v) is 3.39. The summed E-state index contributed by atoms with van der Waals surface area (Å²) < 4.78 is 1.96. The summed E-state index contributed by atoms with van der Waals surface area (Å²) in [7, 11) is 0. The molecular weight excluding hydrogens is 403 g/mol. The number of aromatic nitrogens is 1. The predicted octanol–water partition coefficient (Wildman–Crippen LogP) is 4.13. The zero-order valence-corrected chi connectivity index (χ0v) is 15.3. The van der Waals surface area contributed by atoms with Gasteiger partial charge in [-0.2, -0.15) is 0 Å². The molecule has 3 rings (SSSR count). The van der Waals surface area contributed by atoms with Crippen LogP contribution in [-0.2, 0) is 6.54 Å². The first-order chi connectivity index (χ1) is 10.9. The van der Waals surface area contributed by atoms with Crippen molar-refractivity contribution in [3.63, 3.8) is 0 Å². The fraction of sp³-hybridized carbons (Fsp3) is 0.250. The lowest BCUT2D eigenvalue weighted by Gasteiger charge is -2.34. The van der Waals surface area contributed by atoms with Gasteiger partial charge in [0.05, 0.1) is 20.6 Å². The first-order valence-corrected chi connectivity index (χ1v) is 8.60. The van der Waals surface area contributed by atoms with E-state index in [1.165, 1.54) is 4.57 Å². The summed E-state index contributed by atoms with van der Waals surface area (Å²) in [6.07, 6.45) is 0. The molecule has 4 nitrogen and oxygen atoms in total. The SMILES string of the molecule is CC(c1ccc(Cl)c(Cl)c1)N1CCn2c(ccc(Br)c2=O)C1=O. The van der Waals surface area contributed by atoms with Crippen molar-refractivity contribution in [3.05, 3.63) is 66.5 Å². The molecule has 0 bridgehead atoms. The van der Waals surface area contributed by atoms with Crippen molar-refractivity contribution < 1.29 is 4.79 Å². The summed E-state index contributed by atoms with van der Waals surface area (Å²) in [6, 6.07) is 8.46. The Morgan fingerprint density at radius 3 is 2.52 bits per heavy atom. The Balaban J connectivity index is 1.95. The van der Waals surface area contributed by atoms with Gasteiger partial charge in [-0.3, -0.25) is 9.59 Å². The molecule has 2 heterocycles. The van der Waals surface area contributed by atoms with Crippen molar-refractivity contribution in [1.29, 1.82) is 0 Å². The van der Waals surface area contributed by atoms with Crippen molar-refractivity contribution >= 4 is 45.0 Å². The molecular formula is C16H13BrCl2N2O2. The Hall–Kier alpha value is -1.30. The number of benzene rings is 1. The van der Waals surface area contributed by atoms with E-state index in [0.717, 1.165) is 5.56 Å². The van der Waals surface area contributed by atoms with Crippen LogP contribution in [0.3, 0.4) is 0 Å². The third-order valence-corrected chi connectivity index (χ3v) is 5.41. The standard InChI is InChI=1S/C16H13BrCl2N2O2/c1-9(10-2-4-12(18)13(19)8-10)20-6-7-21-14(16(20)23)5-3-11(17)15(21)22/h2-5,8-9H,6-7H2,1H3. The van der Waals surface area contributed by atoms with Gasteiger partial charge in [-0.1, -0.05) is 29.3 Å². The Morgan fingerprint density at radius 2 is 1.83 bits per heavy atom. The van der Waals surface area contributed by atoms with Gasteiger partial charge in [0.15, 0.2) is 0 Å². The number of hydrogen-bond acceptors (Lipinski definition) is 2. The minimum Gasteiger partial charge on any atom is -0.329 e. The molecule has 120 valence electrons. The van der Waals surface area contributed by atoms with Crippen molar-refractivity contribution in [3.8, 4) is 0 Å². The molecule has 1 unspecified atom stereocenters. The molecule has 0 saturated heterocycles. The fourth-order valence-electron chi connectivity index (χ4n) is 2.74. The zero-order chi connectivity index (χ0) is 16.7. The highest BCUT2D eigenvalue weighted by molar-refractivity contribution is 9.10. The molecule has 1 aliphatic rings. The summed E-state index contributed by atoms with van der Waals surface area (Å²) >= 11 is 15.2. The van der Waals surface area contributed by atoms with E-state index in [1.807, 2.05) is 13.0 Å². The van der Waals surface area contributed by atoms with Crippen molar-refractivity contribution in [1.82, 2.24) is 9.47 Å². The maximum atomic E-state index is 12.7. The van der Waals surface area contributed by atoms with E-state index in [2.05, 4.69) is 15.9 Å². The number of halogens is 3. The van der Waals surface area contributed by atoms with E-state index < -0.39 is 0 Å². The van der Waals surface area contributed by atoms with E-state index in [0.29, 0.717) is 33.3 Å². The van der Waals surface area contributed by atoms with E-state index >= 15 is 0 Å². The lowest BCUT2D eigenvalue weighted by atomic mass is 10.1. The van der Waals surface area contributed by atoms with Crippen LogP contribution >= 0.6 is 39.1 Å². The number of fused-ring (bicyclic) bond motifs is 1. The summed E-state index contributed by atoms with van der Waals surface area (Å²) in [5.41, 5.74) is 1.12. The highest BCUT2D eigenvalue weighted by Crippen LogP contribution is 2.30. The molecule has 1 aromatic heterocycles. The molecule has 0 N–H and O–H groups in total. The quantitative estimate of drug-likeness (QED) is 0.739. The van der Waals surface area contributed by atoms with Crippen LogP contribution in [-0.4, -0.2) is 21.9 Å². The van der Waals surface area contributed by atoms with Gasteiger partial charge in [0.1, 0.15) is 5.69 Å². The molecule has 0 fully saturated rings. The van der Waals surface area contributed by atoms with Gasteiger partial charge < -0.3 is 9.47 Å².